The van der Waals surface area contributed by atoms with Gasteiger partial charge in [0.25, 0.3) is 0 Å². The lowest BCUT2D eigenvalue weighted by Gasteiger charge is -2.16. The second-order valence-electron chi connectivity index (χ2n) is 4.93. The van der Waals surface area contributed by atoms with Crippen LogP contribution in [0.3, 0.4) is 0 Å². The van der Waals surface area contributed by atoms with Gasteiger partial charge in [-0.1, -0.05) is 6.07 Å². The molecule has 108 valence electrons. The molecule has 0 spiro atoms. The molecule has 1 heterocycles. The van der Waals surface area contributed by atoms with Crippen molar-refractivity contribution in [2.75, 3.05) is 0 Å². The molecule has 6 heteroatoms. The van der Waals surface area contributed by atoms with Crippen LogP contribution >= 0.6 is 0 Å². The number of aliphatic hydroxyl groups is 1. The van der Waals surface area contributed by atoms with E-state index in [4.69, 9.17) is 0 Å². The number of hydrogen-bond acceptors (Lipinski definition) is 4. The van der Waals surface area contributed by atoms with Crippen LogP contribution in [0.5, 0.6) is 0 Å². The zero-order valence-electron chi connectivity index (χ0n) is 11.4. The molecule has 2 atom stereocenters. The van der Waals surface area contributed by atoms with Crippen LogP contribution in [0.1, 0.15) is 20.3 Å². The lowest BCUT2D eigenvalue weighted by Crippen LogP contribution is -2.34. The summed E-state index contributed by atoms with van der Waals surface area (Å²) < 4.78 is 27.4. The van der Waals surface area contributed by atoms with E-state index in [1.807, 2.05) is 0 Å². The van der Waals surface area contributed by atoms with Gasteiger partial charge >= 0.3 is 0 Å². The predicted molar refractivity (Wildman–Crippen MR) is 77.8 cm³/mol. The van der Waals surface area contributed by atoms with Crippen LogP contribution in [0.15, 0.2) is 41.4 Å². The van der Waals surface area contributed by atoms with Gasteiger partial charge in [-0.2, -0.15) is 0 Å². The molecular formula is C14H18N2O3S. The molecule has 0 aliphatic heterocycles. The van der Waals surface area contributed by atoms with Crippen LogP contribution in [0.4, 0.5) is 0 Å². The Hall–Kier alpha value is -1.50. The standard InChI is InChI=1S/C14H18N2O3S/c1-10(9-11(2)17)16-20(18,19)14-7-3-6-13-12(14)5-4-8-15-13/h3-8,10-11,16-17H,9H2,1-2H3. The fraction of sp³-hybridized carbons (Fsp3) is 0.357. The van der Waals surface area contributed by atoms with Crippen LogP contribution in [-0.4, -0.2) is 30.7 Å². The summed E-state index contributed by atoms with van der Waals surface area (Å²) in [6.07, 6.45) is 1.44. The molecule has 0 radical (unpaired) electrons. The normalized spacial score (nSPS) is 15.2. The molecule has 1 aromatic carbocycles. The number of nitrogens with zero attached hydrogens (tertiary/aromatic N) is 1. The number of pyridine rings is 1. The van der Waals surface area contributed by atoms with E-state index in [0.717, 1.165) is 0 Å². The number of rotatable bonds is 5. The Morgan fingerprint density at radius 2 is 2.00 bits per heavy atom. The molecule has 1 aromatic heterocycles. The van der Waals surface area contributed by atoms with Crippen molar-refractivity contribution < 1.29 is 13.5 Å². The first-order valence-corrected chi connectivity index (χ1v) is 7.92. The van der Waals surface area contributed by atoms with E-state index in [9.17, 15) is 13.5 Å². The van der Waals surface area contributed by atoms with E-state index in [-0.39, 0.29) is 10.9 Å². The third kappa shape index (κ3) is 3.33. The van der Waals surface area contributed by atoms with Gasteiger partial charge in [0.1, 0.15) is 0 Å². The molecule has 0 aliphatic carbocycles. The highest BCUT2D eigenvalue weighted by molar-refractivity contribution is 7.89. The van der Waals surface area contributed by atoms with Crippen LogP contribution in [0, 0.1) is 0 Å². The second kappa shape index (κ2) is 5.87. The van der Waals surface area contributed by atoms with Gasteiger partial charge < -0.3 is 5.11 Å². The molecule has 2 aromatic rings. The monoisotopic (exact) mass is 294 g/mol. The highest BCUT2D eigenvalue weighted by Gasteiger charge is 2.20. The summed E-state index contributed by atoms with van der Waals surface area (Å²) in [6, 6.07) is 8.10. The Morgan fingerprint density at radius 1 is 1.25 bits per heavy atom. The Kier molecular flexibility index (Phi) is 4.37. The van der Waals surface area contributed by atoms with Crippen molar-refractivity contribution in [3.8, 4) is 0 Å². The predicted octanol–water partition coefficient (Wildman–Crippen LogP) is 1.67. The van der Waals surface area contributed by atoms with Crippen molar-refractivity contribution >= 4 is 20.9 Å². The minimum Gasteiger partial charge on any atom is -0.393 e. The molecule has 2 unspecified atom stereocenters. The summed E-state index contributed by atoms with van der Waals surface area (Å²) in [6.45, 7) is 3.36. The van der Waals surface area contributed by atoms with E-state index in [0.29, 0.717) is 17.3 Å². The zero-order chi connectivity index (χ0) is 14.8. The van der Waals surface area contributed by atoms with Crippen LogP contribution in [-0.2, 0) is 10.0 Å². The molecule has 2 rings (SSSR count). The van der Waals surface area contributed by atoms with Crippen molar-refractivity contribution in [1.29, 1.82) is 0 Å². The average Bonchev–Trinajstić information content (AvgIpc) is 2.36. The molecule has 20 heavy (non-hydrogen) atoms. The lowest BCUT2D eigenvalue weighted by molar-refractivity contribution is 0.175. The molecular weight excluding hydrogens is 276 g/mol. The maximum absolute atomic E-state index is 12.4. The van der Waals surface area contributed by atoms with Crippen molar-refractivity contribution in [3.63, 3.8) is 0 Å². The smallest absolute Gasteiger partial charge is 0.241 e. The largest absolute Gasteiger partial charge is 0.393 e. The molecule has 5 nitrogen and oxygen atoms in total. The summed E-state index contributed by atoms with van der Waals surface area (Å²) in [5.74, 6) is 0. The van der Waals surface area contributed by atoms with Crippen molar-refractivity contribution in [2.45, 2.75) is 37.3 Å². The van der Waals surface area contributed by atoms with E-state index >= 15 is 0 Å². The molecule has 0 saturated carbocycles. The molecule has 2 N–H and O–H groups in total. The van der Waals surface area contributed by atoms with Crippen molar-refractivity contribution in [3.05, 3.63) is 36.5 Å². The summed E-state index contributed by atoms with van der Waals surface area (Å²) in [7, 11) is -3.63. The molecule has 0 aliphatic rings. The first kappa shape index (κ1) is 14.9. The van der Waals surface area contributed by atoms with Gasteiger partial charge in [-0.05, 0) is 44.5 Å². The first-order chi connectivity index (χ1) is 9.40. The minimum absolute atomic E-state index is 0.209. The fourth-order valence-corrected chi connectivity index (χ4v) is 3.67. The maximum atomic E-state index is 12.4. The average molecular weight is 294 g/mol. The third-order valence-corrected chi connectivity index (χ3v) is 4.59. The van der Waals surface area contributed by atoms with Gasteiger partial charge in [-0.15, -0.1) is 0 Å². The Labute approximate surface area is 118 Å². The summed E-state index contributed by atoms with van der Waals surface area (Å²) in [5, 5.41) is 9.91. The van der Waals surface area contributed by atoms with Crippen molar-refractivity contribution in [1.82, 2.24) is 9.71 Å². The summed E-state index contributed by atoms with van der Waals surface area (Å²) in [4.78, 5) is 4.36. The number of nitrogens with one attached hydrogen (secondary N) is 1. The quantitative estimate of drug-likeness (QED) is 0.879. The number of aromatic nitrogens is 1. The van der Waals surface area contributed by atoms with Gasteiger partial charge in [0.15, 0.2) is 0 Å². The van der Waals surface area contributed by atoms with E-state index < -0.39 is 16.1 Å². The highest BCUT2D eigenvalue weighted by Crippen LogP contribution is 2.21. The molecule has 0 bridgehead atoms. The van der Waals surface area contributed by atoms with Crippen LogP contribution < -0.4 is 4.72 Å². The zero-order valence-corrected chi connectivity index (χ0v) is 12.3. The number of fused-ring (bicyclic) bond motifs is 1. The SMILES string of the molecule is CC(O)CC(C)NS(=O)(=O)c1cccc2ncccc12. The summed E-state index contributed by atoms with van der Waals surface area (Å²) in [5.41, 5.74) is 0.638. The van der Waals surface area contributed by atoms with Gasteiger partial charge in [0.2, 0.25) is 10.0 Å². The van der Waals surface area contributed by atoms with Crippen LogP contribution in [0.25, 0.3) is 10.9 Å². The molecule has 0 saturated heterocycles. The lowest BCUT2D eigenvalue weighted by atomic mass is 10.2. The van der Waals surface area contributed by atoms with E-state index in [1.165, 1.54) is 0 Å². The maximum Gasteiger partial charge on any atom is 0.241 e. The van der Waals surface area contributed by atoms with Crippen LogP contribution in [0.2, 0.25) is 0 Å². The minimum atomic E-state index is -3.63. The van der Waals surface area contributed by atoms with Gasteiger partial charge in [0, 0.05) is 17.6 Å². The number of aliphatic hydroxyl groups excluding tert-OH is 1. The number of benzene rings is 1. The number of hydrogen-bond donors (Lipinski definition) is 2. The van der Waals surface area contributed by atoms with Crippen molar-refractivity contribution in [2.24, 2.45) is 0 Å². The van der Waals surface area contributed by atoms with E-state index in [2.05, 4.69) is 9.71 Å². The highest BCUT2D eigenvalue weighted by atomic mass is 32.2. The number of sulfonamides is 1. The van der Waals surface area contributed by atoms with Gasteiger partial charge in [-0.3, -0.25) is 4.98 Å². The molecule has 0 fully saturated rings. The fourth-order valence-electron chi connectivity index (χ4n) is 2.20. The Morgan fingerprint density at radius 3 is 2.70 bits per heavy atom. The summed E-state index contributed by atoms with van der Waals surface area (Å²) >= 11 is 0. The third-order valence-electron chi connectivity index (χ3n) is 2.95. The Balaban J connectivity index is 2.37. The first-order valence-electron chi connectivity index (χ1n) is 6.44. The van der Waals surface area contributed by atoms with E-state index in [1.54, 1.807) is 50.4 Å². The Bertz CT molecular complexity index is 693. The topological polar surface area (TPSA) is 79.3 Å². The second-order valence-corrected chi connectivity index (χ2v) is 6.62. The molecule has 0 amide bonds. The van der Waals surface area contributed by atoms with Gasteiger partial charge in [-0.25, -0.2) is 13.1 Å². The van der Waals surface area contributed by atoms with Gasteiger partial charge in [0.05, 0.1) is 16.5 Å².